The van der Waals surface area contributed by atoms with Crippen LogP contribution >= 0.6 is 0 Å². The van der Waals surface area contributed by atoms with E-state index >= 15 is 0 Å². The Kier molecular flexibility index (Phi) is 21.6. The summed E-state index contributed by atoms with van der Waals surface area (Å²) in [5.74, 6) is -3.03. The van der Waals surface area contributed by atoms with Crippen LogP contribution in [-0.4, -0.2) is 152 Å². The molecule has 0 saturated heterocycles. The fourth-order valence-corrected chi connectivity index (χ4v) is 11.2. The number of nitrogens with zero attached hydrogens (tertiary/aromatic N) is 2. The normalized spacial score (nSPS) is 25.1. The van der Waals surface area contributed by atoms with Crippen LogP contribution in [0.1, 0.15) is 115 Å². The lowest BCUT2D eigenvalue weighted by Crippen LogP contribution is -2.48. The third kappa shape index (κ3) is 16.4. The lowest BCUT2D eigenvalue weighted by Gasteiger charge is -2.40. The van der Waals surface area contributed by atoms with Crippen LogP contribution in [0.2, 0.25) is 0 Å². The van der Waals surface area contributed by atoms with Crippen molar-refractivity contribution in [2.24, 2.45) is 11.8 Å². The van der Waals surface area contributed by atoms with Crippen LogP contribution in [0.25, 0.3) is 0 Å². The monoisotopic (exact) mass is 1040 g/mol. The molecule has 3 aliphatic carbocycles. The van der Waals surface area contributed by atoms with Gasteiger partial charge in [0.1, 0.15) is 41.7 Å². The molecule has 3 N–H and O–H groups in total. The van der Waals surface area contributed by atoms with Gasteiger partial charge in [-0.2, -0.15) is 0 Å². The predicted molar refractivity (Wildman–Crippen MR) is 277 cm³/mol. The van der Waals surface area contributed by atoms with Crippen LogP contribution in [0, 0.1) is 11.8 Å². The number of benzene rings is 2. The second-order valence-corrected chi connectivity index (χ2v) is 20.6. The maximum Gasteiger partial charge on any atom is 0.311 e. The Morgan fingerprint density at radius 1 is 0.627 bits per heavy atom. The van der Waals surface area contributed by atoms with Crippen LogP contribution in [0.4, 0.5) is 0 Å². The number of rotatable bonds is 25. The minimum absolute atomic E-state index is 0.0241. The zero-order valence-electron chi connectivity index (χ0n) is 44.2. The molecule has 2 aliphatic heterocycles. The van der Waals surface area contributed by atoms with E-state index < -0.39 is 36.2 Å². The predicted octanol–water partition coefficient (Wildman–Crippen LogP) is 6.53. The lowest BCUT2D eigenvalue weighted by molar-refractivity contribution is -0.140. The van der Waals surface area contributed by atoms with Crippen LogP contribution in [0.15, 0.2) is 83.0 Å². The lowest BCUT2D eigenvalue weighted by atomic mass is 9.80. The summed E-state index contributed by atoms with van der Waals surface area (Å²) in [6, 6.07) is 14.0. The zero-order valence-corrected chi connectivity index (χ0v) is 44.2. The standard InChI is InChI=1S/C58H78N2O15/c1-69-50-35-59(28-26-38-17-20-44(38)57(50)71-3)52(64)22-24-55(67)74-42-31-41(32-43(33-42)75-56(68)25-23-53(65)60-29-27-39-30-47(39)58(72-4)51(36-60)70-2)73-54(66)15-11-6-5-10-14-45-46(49(63)34-48(45)62)21-19-40(61)18-16-37-12-8-7-9-13-37/h5,7-10,12-13,31-33,40,45-46,48-51,57-58,61-63H,6,11,14-30,34-36H2,1-4H3/b10-5-/t40-,45+,46+,48-,49+,50-,51-,57-,58-/m0/s1. The maximum atomic E-state index is 13.5. The number of hydrogen-bond acceptors (Lipinski definition) is 15. The minimum atomic E-state index is -0.732. The number of aliphatic hydroxyl groups excluding tert-OH is 3. The Hall–Kier alpha value is -5.27. The van der Waals surface area contributed by atoms with Crippen LogP contribution in [-0.2, 0) is 49.3 Å². The van der Waals surface area contributed by atoms with E-state index in [1.165, 1.54) is 40.5 Å². The number of amides is 2. The number of carbonyl (C=O) groups excluding carboxylic acids is 5. The molecule has 1 saturated carbocycles. The molecule has 0 aromatic heterocycles. The van der Waals surface area contributed by atoms with E-state index in [4.69, 9.17) is 33.2 Å². The summed E-state index contributed by atoms with van der Waals surface area (Å²) >= 11 is 0. The number of hydrogen-bond donors (Lipinski definition) is 3. The molecule has 2 aromatic rings. The first-order valence-corrected chi connectivity index (χ1v) is 26.9. The number of carbonyl (C=O) groups is 5. The average molecular weight is 1040 g/mol. The molecule has 17 nitrogen and oxygen atoms in total. The molecule has 2 heterocycles. The van der Waals surface area contributed by atoms with Gasteiger partial charge in [-0.3, -0.25) is 24.0 Å². The molecule has 2 amide bonds. The average Bonchev–Trinajstić information content (AvgIpc) is 4.08. The Labute approximate surface area is 441 Å². The summed E-state index contributed by atoms with van der Waals surface area (Å²) in [5.41, 5.74) is 6.16. The first-order valence-electron chi connectivity index (χ1n) is 26.9. The van der Waals surface area contributed by atoms with Crippen molar-refractivity contribution in [1.29, 1.82) is 0 Å². The maximum absolute atomic E-state index is 13.5. The summed E-state index contributed by atoms with van der Waals surface area (Å²) in [5, 5.41) is 32.2. The molecule has 7 rings (SSSR count). The van der Waals surface area contributed by atoms with Gasteiger partial charge in [-0.05, 0) is 112 Å². The van der Waals surface area contributed by atoms with Crippen molar-refractivity contribution in [2.45, 2.75) is 158 Å². The smallest absolute Gasteiger partial charge is 0.311 e. The summed E-state index contributed by atoms with van der Waals surface area (Å²) in [7, 11) is 6.44. The van der Waals surface area contributed by atoms with Gasteiger partial charge in [0, 0.05) is 92.1 Å². The first kappa shape index (κ1) is 57.4. The van der Waals surface area contributed by atoms with E-state index in [2.05, 4.69) is 0 Å². The van der Waals surface area contributed by atoms with Gasteiger partial charge in [0.25, 0.3) is 0 Å². The van der Waals surface area contributed by atoms with Gasteiger partial charge in [0.15, 0.2) is 0 Å². The number of allylic oxidation sites excluding steroid dienone is 2. The van der Waals surface area contributed by atoms with Gasteiger partial charge < -0.3 is 58.3 Å². The summed E-state index contributed by atoms with van der Waals surface area (Å²) in [6.45, 7) is 1.60. The highest BCUT2D eigenvalue weighted by atomic mass is 16.6. The summed E-state index contributed by atoms with van der Waals surface area (Å²) in [4.78, 5) is 70.2. The fraction of sp³-hybridized carbons (Fsp3) is 0.603. The van der Waals surface area contributed by atoms with Gasteiger partial charge in [-0.15, -0.1) is 0 Å². The van der Waals surface area contributed by atoms with Gasteiger partial charge in [-0.25, -0.2) is 0 Å². The van der Waals surface area contributed by atoms with Crippen molar-refractivity contribution >= 4 is 29.7 Å². The van der Waals surface area contributed by atoms with Crippen molar-refractivity contribution in [2.75, 3.05) is 54.6 Å². The van der Waals surface area contributed by atoms with Crippen LogP contribution in [0.3, 0.4) is 0 Å². The second kappa shape index (κ2) is 28.2. The Morgan fingerprint density at radius 2 is 1.17 bits per heavy atom. The van der Waals surface area contributed by atoms with E-state index in [1.807, 2.05) is 42.5 Å². The van der Waals surface area contributed by atoms with Gasteiger partial charge in [0.05, 0.1) is 31.2 Å². The van der Waals surface area contributed by atoms with Crippen molar-refractivity contribution in [3.8, 4) is 17.2 Å². The topological polar surface area (TPSA) is 217 Å². The number of aryl methyl sites for hydroxylation is 1. The van der Waals surface area contributed by atoms with E-state index in [0.29, 0.717) is 71.1 Å². The Balaban J connectivity index is 0.919. The molecule has 0 spiro atoms. The number of ether oxygens (including phenoxy) is 7. The molecule has 9 atom stereocenters. The Morgan fingerprint density at radius 3 is 1.72 bits per heavy atom. The van der Waals surface area contributed by atoms with Crippen LogP contribution in [0.5, 0.6) is 17.2 Å². The summed E-state index contributed by atoms with van der Waals surface area (Å²) in [6.07, 6.45) is 8.70. The number of aliphatic hydroxyl groups is 3. The third-order valence-corrected chi connectivity index (χ3v) is 15.7. The van der Waals surface area contributed by atoms with Crippen molar-refractivity contribution in [3.05, 3.63) is 88.5 Å². The van der Waals surface area contributed by atoms with E-state index in [1.54, 1.807) is 38.2 Å². The molecule has 1 fully saturated rings. The highest BCUT2D eigenvalue weighted by molar-refractivity contribution is 5.84. The van der Waals surface area contributed by atoms with E-state index in [9.17, 15) is 39.3 Å². The summed E-state index contributed by atoms with van der Waals surface area (Å²) < 4.78 is 39.9. The fourth-order valence-electron chi connectivity index (χ4n) is 11.2. The molecule has 410 valence electrons. The first-order chi connectivity index (χ1) is 36.3. The van der Waals surface area contributed by atoms with Crippen molar-refractivity contribution in [3.63, 3.8) is 0 Å². The SMILES string of the molecule is CO[C@H]1CN(C(=O)CCC(=O)Oc2cc(OC(=O)CCC/C=C\C[C@@H]3[C@@H](CC[C@@H](O)CCc4ccccc4)[C@H](O)C[C@@H]3O)cc(OC(=O)CCC(=O)N3CCC4=C(C4)[C@H](OC)[C@@H](OC)C3)c2)CCC2=C(CC2)[C@@H]1OC. The molecule has 0 unspecified atom stereocenters. The van der Waals surface area contributed by atoms with Crippen molar-refractivity contribution < 1.29 is 72.5 Å². The molecular weight excluding hydrogens is 965 g/mol. The number of esters is 3. The largest absolute Gasteiger partial charge is 0.426 e. The minimum Gasteiger partial charge on any atom is -0.426 e. The molecule has 5 aliphatic rings. The quantitative estimate of drug-likeness (QED) is 0.0417. The van der Waals surface area contributed by atoms with E-state index in [-0.39, 0.29) is 97.4 Å². The molecule has 0 bridgehead atoms. The zero-order chi connectivity index (χ0) is 53.4. The molecule has 0 radical (unpaired) electrons. The van der Waals surface area contributed by atoms with E-state index in [0.717, 1.165) is 44.1 Å². The molecule has 2 aromatic carbocycles. The van der Waals surface area contributed by atoms with Gasteiger partial charge in [0.2, 0.25) is 11.8 Å². The van der Waals surface area contributed by atoms with Gasteiger partial charge >= 0.3 is 17.9 Å². The molecular formula is C58H78N2O15. The highest BCUT2D eigenvalue weighted by Crippen LogP contribution is 2.42. The van der Waals surface area contributed by atoms with Crippen LogP contribution < -0.4 is 14.2 Å². The van der Waals surface area contributed by atoms with Crippen molar-refractivity contribution in [1.82, 2.24) is 9.80 Å². The highest BCUT2D eigenvalue weighted by Gasteiger charge is 2.41. The number of methoxy groups -OCH3 is 4. The number of unbranched alkanes of at least 4 members (excludes halogenated alkanes) is 1. The Bertz CT molecular complexity index is 2370. The third-order valence-electron chi connectivity index (χ3n) is 15.7. The molecule has 75 heavy (non-hydrogen) atoms. The second-order valence-electron chi connectivity index (χ2n) is 20.6. The molecule has 17 heteroatoms. The van der Waals surface area contributed by atoms with Gasteiger partial charge in [-0.1, -0.05) is 53.6 Å².